The number of pyridine rings is 1. The zero-order valence-corrected chi connectivity index (χ0v) is 19.2. The van der Waals surface area contributed by atoms with Crippen molar-refractivity contribution in [1.82, 2.24) is 9.88 Å². The molecule has 2 aliphatic heterocycles. The standard InChI is InChI=1S/C25H24F3N5O2/c1-16-32(18-12-21(25(26,27)28)22(13-29)30-14-18)23(34)24(9-3-10-24)33(16)17-4-6-19(7-5-17)35-20-8-11-31(2)15-20/h4-7,12,14,20H,1,3,8-11,15H2,2H3/t20-/m1/s1. The Kier molecular flexibility index (Phi) is 5.48. The lowest BCUT2D eigenvalue weighted by Crippen LogP contribution is -2.54. The monoisotopic (exact) mass is 483 g/mol. The lowest BCUT2D eigenvalue weighted by atomic mass is 9.75. The van der Waals surface area contributed by atoms with E-state index in [1.165, 1.54) is 11.0 Å². The Hall–Kier alpha value is -3.58. The number of aromatic nitrogens is 1. The van der Waals surface area contributed by atoms with E-state index in [1.54, 1.807) is 4.90 Å². The molecule has 1 amide bonds. The molecule has 0 unspecified atom stereocenters. The van der Waals surface area contributed by atoms with Crippen molar-refractivity contribution in [2.75, 3.05) is 29.9 Å². The molecule has 1 spiro atoms. The number of anilines is 2. The van der Waals surface area contributed by atoms with Gasteiger partial charge in [-0.3, -0.25) is 9.69 Å². The van der Waals surface area contributed by atoms with Gasteiger partial charge in [-0.2, -0.15) is 18.4 Å². The fraction of sp³-hybridized carbons (Fsp3) is 0.400. The number of hydrogen-bond acceptors (Lipinski definition) is 6. The highest BCUT2D eigenvalue weighted by Gasteiger charge is 2.59. The van der Waals surface area contributed by atoms with Crippen molar-refractivity contribution in [2.45, 2.75) is 43.5 Å². The van der Waals surface area contributed by atoms with Crippen molar-refractivity contribution in [3.05, 3.63) is 60.2 Å². The Morgan fingerprint density at radius 1 is 1.23 bits per heavy atom. The summed E-state index contributed by atoms with van der Waals surface area (Å²) in [5, 5.41) is 9.06. The third kappa shape index (κ3) is 3.80. The lowest BCUT2D eigenvalue weighted by Gasteiger charge is -2.43. The summed E-state index contributed by atoms with van der Waals surface area (Å²) in [6.45, 7) is 5.91. The van der Waals surface area contributed by atoms with E-state index in [2.05, 4.69) is 16.5 Å². The molecule has 3 aliphatic rings. The van der Waals surface area contributed by atoms with Gasteiger partial charge in [-0.15, -0.1) is 0 Å². The second-order valence-electron chi connectivity index (χ2n) is 9.26. The molecule has 0 radical (unpaired) electrons. The molecule has 3 heterocycles. The number of carbonyl (C=O) groups is 1. The average molecular weight is 483 g/mol. The SMILES string of the molecule is C=C1N(c2cnc(C#N)c(C(F)(F)F)c2)C(=O)C2(CCC2)N1c1ccc(O[C@@H]2CCN(C)C2)cc1. The Bertz CT molecular complexity index is 1220. The molecule has 35 heavy (non-hydrogen) atoms. The molecule has 1 aromatic carbocycles. The first-order valence-electron chi connectivity index (χ1n) is 11.4. The smallest absolute Gasteiger partial charge is 0.419 e. The van der Waals surface area contributed by atoms with Gasteiger partial charge >= 0.3 is 6.18 Å². The first-order chi connectivity index (χ1) is 16.6. The molecule has 1 aromatic heterocycles. The number of likely N-dealkylation sites (N-methyl/N-ethyl adjacent to an activating group) is 1. The molecule has 1 saturated carbocycles. The Balaban J connectivity index is 1.46. The van der Waals surface area contributed by atoms with Gasteiger partial charge in [0.25, 0.3) is 5.91 Å². The first-order valence-corrected chi connectivity index (χ1v) is 11.4. The third-order valence-electron chi connectivity index (χ3n) is 7.01. The van der Waals surface area contributed by atoms with Crippen LogP contribution in [0, 0.1) is 11.3 Å². The van der Waals surface area contributed by atoms with Crippen molar-refractivity contribution < 1.29 is 22.7 Å². The van der Waals surface area contributed by atoms with Crippen LogP contribution in [-0.2, 0) is 11.0 Å². The average Bonchev–Trinajstić information content (AvgIpc) is 3.30. The van der Waals surface area contributed by atoms with E-state index in [0.29, 0.717) is 18.5 Å². The summed E-state index contributed by atoms with van der Waals surface area (Å²) >= 11 is 0. The van der Waals surface area contributed by atoms with Crippen LogP contribution in [0.25, 0.3) is 0 Å². The number of alkyl halides is 3. The highest BCUT2D eigenvalue weighted by molar-refractivity contribution is 6.10. The van der Waals surface area contributed by atoms with E-state index >= 15 is 0 Å². The molecule has 3 fully saturated rings. The number of amides is 1. The van der Waals surface area contributed by atoms with Gasteiger partial charge in [0.2, 0.25) is 0 Å². The van der Waals surface area contributed by atoms with Crippen molar-refractivity contribution in [3.8, 4) is 11.8 Å². The van der Waals surface area contributed by atoms with Gasteiger partial charge in [-0.05, 0) is 63.1 Å². The minimum atomic E-state index is -4.78. The van der Waals surface area contributed by atoms with Gasteiger partial charge in [0.1, 0.15) is 29.3 Å². The van der Waals surface area contributed by atoms with E-state index < -0.39 is 23.0 Å². The van der Waals surface area contributed by atoms with Crippen molar-refractivity contribution in [2.24, 2.45) is 0 Å². The molecular formula is C25H24F3N5O2. The van der Waals surface area contributed by atoms with Crippen LogP contribution in [-0.4, -0.2) is 47.6 Å². The number of rotatable bonds is 4. The molecule has 2 aromatic rings. The Morgan fingerprint density at radius 2 is 1.94 bits per heavy atom. The molecule has 10 heteroatoms. The van der Waals surface area contributed by atoms with E-state index in [-0.39, 0.29) is 23.5 Å². The lowest BCUT2D eigenvalue weighted by molar-refractivity contribution is -0.138. The highest BCUT2D eigenvalue weighted by Crippen LogP contribution is 2.50. The van der Waals surface area contributed by atoms with Crippen LogP contribution in [0.3, 0.4) is 0 Å². The van der Waals surface area contributed by atoms with E-state index in [1.807, 2.05) is 31.3 Å². The van der Waals surface area contributed by atoms with Gasteiger partial charge < -0.3 is 14.5 Å². The molecule has 1 atom stereocenters. The van der Waals surface area contributed by atoms with Crippen molar-refractivity contribution in [1.29, 1.82) is 5.26 Å². The highest BCUT2D eigenvalue weighted by atomic mass is 19.4. The number of hydrogen-bond donors (Lipinski definition) is 0. The van der Waals surface area contributed by atoms with Gasteiger partial charge in [0.05, 0.1) is 17.4 Å². The fourth-order valence-electron chi connectivity index (χ4n) is 5.12. The summed E-state index contributed by atoms with van der Waals surface area (Å²) in [6.07, 6.45) is -0.661. The van der Waals surface area contributed by atoms with Gasteiger partial charge in [0, 0.05) is 18.8 Å². The van der Waals surface area contributed by atoms with Crippen LogP contribution < -0.4 is 14.5 Å². The van der Waals surface area contributed by atoms with Crippen molar-refractivity contribution >= 4 is 17.3 Å². The number of carbonyl (C=O) groups excluding carboxylic acids is 1. The minimum Gasteiger partial charge on any atom is -0.489 e. The van der Waals surface area contributed by atoms with Gasteiger partial charge in [-0.25, -0.2) is 4.98 Å². The van der Waals surface area contributed by atoms with Crippen LogP contribution in [0.5, 0.6) is 5.75 Å². The van der Waals surface area contributed by atoms with Crippen LogP contribution in [0.15, 0.2) is 48.9 Å². The predicted molar refractivity (Wildman–Crippen MR) is 123 cm³/mol. The number of benzene rings is 1. The predicted octanol–water partition coefficient (Wildman–Crippen LogP) is 4.30. The van der Waals surface area contributed by atoms with Crippen LogP contribution in [0.4, 0.5) is 24.5 Å². The van der Waals surface area contributed by atoms with Crippen LogP contribution in [0.2, 0.25) is 0 Å². The summed E-state index contributed by atoms with van der Waals surface area (Å²) in [5.41, 5.74) is -2.18. The van der Waals surface area contributed by atoms with E-state index in [4.69, 9.17) is 10.00 Å². The molecule has 182 valence electrons. The number of halogens is 3. The Morgan fingerprint density at radius 3 is 2.49 bits per heavy atom. The maximum Gasteiger partial charge on any atom is 0.419 e. The maximum atomic E-state index is 13.6. The van der Waals surface area contributed by atoms with Crippen LogP contribution in [0.1, 0.15) is 36.9 Å². The summed E-state index contributed by atoms with van der Waals surface area (Å²) < 4.78 is 46.7. The molecule has 7 nitrogen and oxygen atoms in total. The molecule has 5 rings (SSSR count). The van der Waals surface area contributed by atoms with Crippen molar-refractivity contribution in [3.63, 3.8) is 0 Å². The molecule has 0 bridgehead atoms. The third-order valence-corrected chi connectivity index (χ3v) is 7.01. The number of nitrogens with zero attached hydrogens (tertiary/aromatic N) is 5. The summed E-state index contributed by atoms with van der Waals surface area (Å²) in [6, 6.07) is 9.62. The molecule has 2 saturated heterocycles. The van der Waals surface area contributed by atoms with E-state index in [0.717, 1.165) is 43.9 Å². The topological polar surface area (TPSA) is 72.7 Å². The first kappa shape index (κ1) is 23.2. The number of likely N-dealkylation sites (tertiary alicyclic amines) is 1. The molecule has 0 N–H and O–H groups in total. The maximum absolute atomic E-state index is 13.6. The summed E-state index contributed by atoms with van der Waals surface area (Å²) in [7, 11) is 2.05. The quantitative estimate of drug-likeness (QED) is 0.646. The largest absolute Gasteiger partial charge is 0.489 e. The number of ether oxygens (including phenoxy) is 1. The molecular weight excluding hydrogens is 459 g/mol. The Labute approximate surface area is 201 Å². The van der Waals surface area contributed by atoms with Crippen LogP contribution >= 0.6 is 0 Å². The fourth-order valence-corrected chi connectivity index (χ4v) is 5.12. The second kappa shape index (κ2) is 8.27. The van der Waals surface area contributed by atoms with Gasteiger partial charge in [-0.1, -0.05) is 6.58 Å². The zero-order chi connectivity index (χ0) is 25.0. The minimum absolute atomic E-state index is 0.0644. The number of nitriles is 1. The van der Waals surface area contributed by atoms with Gasteiger partial charge in [0.15, 0.2) is 5.69 Å². The second-order valence-corrected chi connectivity index (χ2v) is 9.26. The van der Waals surface area contributed by atoms with E-state index in [9.17, 15) is 18.0 Å². The molecule has 1 aliphatic carbocycles. The normalized spacial score (nSPS) is 22.0. The summed E-state index contributed by atoms with van der Waals surface area (Å²) in [5.74, 6) is 0.624. The summed E-state index contributed by atoms with van der Waals surface area (Å²) in [4.78, 5) is 22.4. The zero-order valence-electron chi connectivity index (χ0n) is 19.2.